The average Bonchev–Trinajstić information content (AvgIpc) is 3.15. The van der Waals surface area contributed by atoms with Gasteiger partial charge in [0.2, 0.25) is 5.13 Å². The Morgan fingerprint density at radius 2 is 2.05 bits per heavy atom. The summed E-state index contributed by atoms with van der Waals surface area (Å²) in [4.78, 5) is 4.18. The third-order valence-corrected chi connectivity index (χ3v) is 3.58. The summed E-state index contributed by atoms with van der Waals surface area (Å²) >= 11 is 1.42. The Labute approximate surface area is 124 Å². The van der Waals surface area contributed by atoms with Crippen LogP contribution in [0.3, 0.4) is 0 Å². The van der Waals surface area contributed by atoms with E-state index >= 15 is 0 Å². The van der Waals surface area contributed by atoms with E-state index in [1.165, 1.54) is 23.5 Å². The van der Waals surface area contributed by atoms with Crippen molar-refractivity contribution < 1.29 is 9.50 Å². The molecule has 5 nitrogen and oxygen atoms in total. The number of aliphatic hydroxyl groups excluding tert-OH is 1. The molecule has 7 heteroatoms. The summed E-state index contributed by atoms with van der Waals surface area (Å²) in [7, 11) is 0. The molecule has 1 N–H and O–H groups in total. The van der Waals surface area contributed by atoms with Crippen LogP contribution in [0, 0.1) is 5.82 Å². The fourth-order valence-corrected chi connectivity index (χ4v) is 2.41. The SMILES string of the molecule is OCc1nnn(-c2nccs2)c1/C=C/c1ccc(F)cc1. The Bertz CT molecular complexity index is 750. The molecule has 0 aliphatic carbocycles. The number of nitrogens with zero attached hydrogens (tertiary/aromatic N) is 4. The van der Waals surface area contributed by atoms with Crippen LogP contribution in [0.25, 0.3) is 17.3 Å². The largest absolute Gasteiger partial charge is 0.390 e. The van der Waals surface area contributed by atoms with Crippen LogP contribution < -0.4 is 0 Å². The molecule has 0 atom stereocenters. The standard InChI is InChI=1S/C14H11FN4OS/c15-11-4-1-10(2-5-11)3-6-13-12(9-20)17-18-19(13)14-16-7-8-21-14/h1-8,20H,9H2/b6-3+. The minimum atomic E-state index is -0.280. The van der Waals surface area contributed by atoms with Crippen molar-refractivity contribution in [1.29, 1.82) is 0 Å². The molecular formula is C14H11FN4OS. The Kier molecular flexibility index (Phi) is 3.85. The summed E-state index contributed by atoms with van der Waals surface area (Å²) in [6.07, 6.45) is 5.26. The first-order valence-electron chi connectivity index (χ1n) is 6.17. The number of aromatic nitrogens is 4. The Morgan fingerprint density at radius 1 is 1.24 bits per heavy atom. The number of aliphatic hydroxyl groups is 1. The highest BCUT2D eigenvalue weighted by Crippen LogP contribution is 2.18. The molecule has 2 aromatic heterocycles. The first kappa shape index (κ1) is 13.6. The van der Waals surface area contributed by atoms with Gasteiger partial charge in [-0.05, 0) is 23.8 Å². The molecule has 0 saturated heterocycles. The predicted molar refractivity (Wildman–Crippen MR) is 78.3 cm³/mol. The highest BCUT2D eigenvalue weighted by atomic mass is 32.1. The van der Waals surface area contributed by atoms with Crippen LogP contribution in [0.5, 0.6) is 0 Å². The number of benzene rings is 1. The van der Waals surface area contributed by atoms with E-state index in [0.717, 1.165) is 5.56 Å². The zero-order valence-corrected chi connectivity index (χ0v) is 11.7. The Balaban J connectivity index is 1.97. The van der Waals surface area contributed by atoms with Crippen molar-refractivity contribution in [2.24, 2.45) is 0 Å². The van der Waals surface area contributed by atoms with Gasteiger partial charge in [-0.25, -0.2) is 9.37 Å². The maximum absolute atomic E-state index is 12.9. The van der Waals surface area contributed by atoms with Crippen molar-refractivity contribution >= 4 is 23.5 Å². The number of halogens is 1. The monoisotopic (exact) mass is 302 g/mol. The molecule has 2 heterocycles. The number of hydrogen-bond donors (Lipinski definition) is 1. The van der Waals surface area contributed by atoms with Crippen LogP contribution >= 0.6 is 11.3 Å². The van der Waals surface area contributed by atoms with Gasteiger partial charge < -0.3 is 5.11 Å². The van der Waals surface area contributed by atoms with E-state index in [2.05, 4.69) is 15.3 Å². The molecule has 0 bridgehead atoms. The maximum atomic E-state index is 12.9. The maximum Gasteiger partial charge on any atom is 0.212 e. The quantitative estimate of drug-likeness (QED) is 0.804. The van der Waals surface area contributed by atoms with Crippen LogP contribution in [0.15, 0.2) is 35.8 Å². The van der Waals surface area contributed by atoms with Gasteiger partial charge in [-0.15, -0.1) is 16.4 Å². The van der Waals surface area contributed by atoms with E-state index in [1.807, 2.05) is 5.38 Å². The van der Waals surface area contributed by atoms with Gasteiger partial charge in [0.05, 0.1) is 12.3 Å². The molecular weight excluding hydrogens is 291 g/mol. The van der Waals surface area contributed by atoms with Crippen molar-refractivity contribution in [3.05, 3.63) is 58.6 Å². The third kappa shape index (κ3) is 2.88. The molecule has 0 amide bonds. The summed E-state index contributed by atoms with van der Waals surface area (Å²) in [6.45, 7) is -0.214. The minimum absolute atomic E-state index is 0.214. The fourth-order valence-electron chi connectivity index (χ4n) is 1.81. The van der Waals surface area contributed by atoms with E-state index in [1.54, 1.807) is 35.2 Å². The van der Waals surface area contributed by atoms with Crippen molar-refractivity contribution in [3.8, 4) is 5.13 Å². The second kappa shape index (κ2) is 5.94. The molecule has 21 heavy (non-hydrogen) atoms. The second-order valence-electron chi connectivity index (χ2n) is 4.19. The molecule has 1 aromatic carbocycles. The minimum Gasteiger partial charge on any atom is -0.390 e. The number of thiazole rings is 1. The lowest BCUT2D eigenvalue weighted by Gasteiger charge is -1.99. The van der Waals surface area contributed by atoms with Gasteiger partial charge in [-0.2, -0.15) is 4.68 Å². The van der Waals surface area contributed by atoms with Crippen LogP contribution in [-0.4, -0.2) is 25.1 Å². The molecule has 0 aliphatic heterocycles. The molecule has 106 valence electrons. The summed E-state index contributed by atoms with van der Waals surface area (Å²) in [5.74, 6) is -0.280. The Morgan fingerprint density at radius 3 is 2.71 bits per heavy atom. The highest BCUT2D eigenvalue weighted by Gasteiger charge is 2.12. The number of rotatable bonds is 4. The lowest BCUT2D eigenvalue weighted by atomic mass is 10.2. The van der Waals surface area contributed by atoms with E-state index in [-0.39, 0.29) is 12.4 Å². The second-order valence-corrected chi connectivity index (χ2v) is 5.06. The van der Waals surface area contributed by atoms with Gasteiger partial charge in [0, 0.05) is 11.6 Å². The van der Waals surface area contributed by atoms with Crippen LogP contribution in [0.1, 0.15) is 17.0 Å². The molecule has 0 unspecified atom stereocenters. The van der Waals surface area contributed by atoms with Crippen molar-refractivity contribution in [2.75, 3.05) is 0 Å². The highest BCUT2D eigenvalue weighted by molar-refractivity contribution is 7.12. The van der Waals surface area contributed by atoms with Gasteiger partial charge in [-0.1, -0.05) is 23.4 Å². The van der Waals surface area contributed by atoms with Gasteiger partial charge in [0.15, 0.2) is 0 Å². The lowest BCUT2D eigenvalue weighted by molar-refractivity contribution is 0.276. The summed E-state index contributed by atoms with van der Waals surface area (Å²) in [5, 5.41) is 19.8. The summed E-state index contributed by atoms with van der Waals surface area (Å²) < 4.78 is 14.4. The van der Waals surface area contributed by atoms with Crippen LogP contribution in [-0.2, 0) is 6.61 Å². The van der Waals surface area contributed by atoms with Crippen molar-refractivity contribution in [1.82, 2.24) is 20.0 Å². The normalized spacial score (nSPS) is 11.3. The van der Waals surface area contributed by atoms with Gasteiger partial charge in [0.1, 0.15) is 11.5 Å². The molecule has 0 radical (unpaired) electrons. The van der Waals surface area contributed by atoms with E-state index in [4.69, 9.17) is 0 Å². The zero-order chi connectivity index (χ0) is 14.7. The average molecular weight is 302 g/mol. The van der Waals surface area contributed by atoms with Crippen molar-refractivity contribution in [3.63, 3.8) is 0 Å². The smallest absolute Gasteiger partial charge is 0.212 e. The van der Waals surface area contributed by atoms with E-state index in [0.29, 0.717) is 16.5 Å². The summed E-state index contributed by atoms with van der Waals surface area (Å²) in [5.41, 5.74) is 1.95. The van der Waals surface area contributed by atoms with Gasteiger partial charge in [0.25, 0.3) is 0 Å². The molecule has 0 fully saturated rings. The molecule has 0 saturated carbocycles. The molecule has 3 rings (SSSR count). The number of hydrogen-bond acceptors (Lipinski definition) is 5. The Hall–Kier alpha value is -2.38. The third-order valence-electron chi connectivity index (χ3n) is 2.83. The lowest BCUT2D eigenvalue weighted by Crippen LogP contribution is -1.99. The van der Waals surface area contributed by atoms with E-state index < -0.39 is 0 Å². The summed E-state index contributed by atoms with van der Waals surface area (Å²) in [6, 6.07) is 6.12. The van der Waals surface area contributed by atoms with Crippen molar-refractivity contribution in [2.45, 2.75) is 6.61 Å². The first-order chi connectivity index (χ1) is 10.3. The van der Waals surface area contributed by atoms with Crippen LogP contribution in [0.2, 0.25) is 0 Å². The molecule has 0 spiro atoms. The van der Waals surface area contributed by atoms with Gasteiger partial charge >= 0.3 is 0 Å². The molecule has 3 aromatic rings. The zero-order valence-electron chi connectivity index (χ0n) is 10.8. The first-order valence-corrected chi connectivity index (χ1v) is 7.05. The van der Waals surface area contributed by atoms with E-state index in [9.17, 15) is 9.50 Å². The van der Waals surface area contributed by atoms with Gasteiger partial charge in [-0.3, -0.25) is 0 Å². The fraction of sp³-hybridized carbons (Fsp3) is 0.0714. The molecule has 0 aliphatic rings. The predicted octanol–water partition coefficient (Wildman–Crippen LogP) is 2.53. The topological polar surface area (TPSA) is 63.8 Å². The van der Waals surface area contributed by atoms with Crippen LogP contribution in [0.4, 0.5) is 4.39 Å².